The van der Waals surface area contributed by atoms with Crippen molar-refractivity contribution >= 4 is 17.6 Å². The molecule has 0 saturated heterocycles. The molecule has 6 heteroatoms. The van der Waals surface area contributed by atoms with E-state index >= 15 is 0 Å². The molecule has 3 nitrogen and oxygen atoms in total. The van der Waals surface area contributed by atoms with Gasteiger partial charge in [0.1, 0.15) is 17.5 Å². The summed E-state index contributed by atoms with van der Waals surface area (Å²) in [6.07, 6.45) is 0. The summed E-state index contributed by atoms with van der Waals surface area (Å²) in [5.41, 5.74) is 5.12. The lowest BCUT2D eigenvalue weighted by Crippen LogP contribution is -2.12. The fourth-order valence-corrected chi connectivity index (χ4v) is 1.69. The van der Waals surface area contributed by atoms with Crippen LogP contribution < -0.4 is 5.73 Å². The average Bonchev–Trinajstić information content (AvgIpc) is 2.16. The fourth-order valence-electron chi connectivity index (χ4n) is 1.00. The molecule has 1 rings (SSSR count). The number of amidine groups is 1. The van der Waals surface area contributed by atoms with Gasteiger partial charge in [-0.1, -0.05) is 0 Å². The maximum atomic E-state index is 13.3. The van der Waals surface area contributed by atoms with Crippen molar-refractivity contribution in [3.05, 3.63) is 29.3 Å². The second-order valence-electron chi connectivity index (χ2n) is 2.75. The van der Waals surface area contributed by atoms with Crippen molar-refractivity contribution in [2.75, 3.05) is 12.4 Å². The highest BCUT2D eigenvalue weighted by atomic mass is 32.2. The predicted molar refractivity (Wildman–Crippen MR) is 55.2 cm³/mol. The lowest BCUT2D eigenvalue weighted by Gasteiger charge is -2.06. The molecule has 0 spiro atoms. The molecule has 1 aromatic carbocycles. The summed E-state index contributed by atoms with van der Waals surface area (Å²) in [4.78, 5) is -0.158. The highest BCUT2D eigenvalue weighted by Gasteiger charge is 2.12. The van der Waals surface area contributed by atoms with Crippen molar-refractivity contribution in [3.8, 4) is 0 Å². The number of halogens is 2. The Morgan fingerprint density at radius 3 is 2.33 bits per heavy atom. The Morgan fingerprint density at radius 2 is 1.93 bits per heavy atom. The van der Waals surface area contributed by atoms with Crippen molar-refractivity contribution in [2.45, 2.75) is 4.90 Å². The van der Waals surface area contributed by atoms with E-state index in [4.69, 9.17) is 16.2 Å². The summed E-state index contributed by atoms with van der Waals surface area (Å²) in [5, 5.41) is 15.6. The summed E-state index contributed by atoms with van der Waals surface area (Å²) in [6.45, 7) is -0.155. The van der Waals surface area contributed by atoms with E-state index in [0.29, 0.717) is 0 Å². The van der Waals surface area contributed by atoms with Crippen LogP contribution in [0.4, 0.5) is 8.78 Å². The molecule has 0 radical (unpaired) electrons. The number of hydrogen-bond donors (Lipinski definition) is 3. The molecule has 0 heterocycles. The molecule has 0 aliphatic carbocycles. The van der Waals surface area contributed by atoms with Gasteiger partial charge in [0.25, 0.3) is 0 Å². The van der Waals surface area contributed by atoms with E-state index in [-0.39, 0.29) is 28.7 Å². The molecule has 0 aliphatic heterocycles. The highest BCUT2D eigenvalue weighted by Crippen LogP contribution is 2.25. The number of nitrogen functional groups attached to an aromatic ring is 1. The van der Waals surface area contributed by atoms with Gasteiger partial charge < -0.3 is 10.8 Å². The molecule has 0 bridgehead atoms. The summed E-state index contributed by atoms with van der Waals surface area (Å²) < 4.78 is 26.6. The van der Waals surface area contributed by atoms with Gasteiger partial charge in [-0.15, -0.1) is 11.8 Å². The molecule has 0 aromatic heterocycles. The first-order chi connectivity index (χ1) is 7.06. The van der Waals surface area contributed by atoms with E-state index in [2.05, 4.69) is 0 Å². The maximum Gasteiger partial charge on any atom is 0.140 e. The smallest absolute Gasteiger partial charge is 0.140 e. The van der Waals surface area contributed by atoms with Crippen LogP contribution in [0.3, 0.4) is 0 Å². The third-order valence-corrected chi connectivity index (χ3v) is 2.71. The summed E-state index contributed by atoms with van der Waals surface area (Å²) in [7, 11) is 0. The van der Waals surface area contributed by atoms with Gasteiger partial charge in [0.2, 0.25) is 0 Å². The summed E-state index contributed by atoms with van der Waals surface area (Å²) in [5.74, 6) is -1.70. The highest BCUT2D eigenvalue weighted by molar-refractivity contribution is 7.99. The molecule has 82 valence electrons. The van der Waals surface area contributed by atoms with Crippen molar-refractivity contribution in [1.29, 1.82) is 5.41 Å². The second-order valence-corrected chi connectivity index (χ2v) is 3.86. The fraction of sp³-hybridized carbons (Fsp3) is 0.222. The van der Waals surface area contributed by atoms with Gasteiger partial charge in [0.15, 0.2) is 0 Å². The molecular formula is C9H10F2N2OS. The number of benzene rings is 1. The lowest BCUT2D eigenvalue weighted by atomic mass is 10.2. The minimum atomic E-state index is -0.765. The van der Waals surface area contributed by atoms with Gasteiger partial charge in [-0.2, -0.15) is 0 Å². The number of nitrogens with two attached hydrogens (primary N) is 1. The first kappa shape index (κ1) is 11.9. The molecule has 0 fully saturated rings. The molecule has 0 unspecified atom stereocenters. The number of thioether (sulfide) groups is 1. The normalized spacial score (nSPS) is 10.3. The monoisotopic (exact) mass is 232 g/mol. The van der Waals surface area contributed by atoms with Gasteiger partial charge >= 0.3 is 0 Å². The van der Waals surface area contributed by atoms with Crippen LogP contribution in [0, 0.1) is 17.0 Å². The van der Waals surface area contributed by atoms with Crippen LogP contribution in [-0.4, -0.2) is 23.3 Å². The van der Waals surface area contributed by atoms with Gasteiger partial charge in [-0.25, -0.2) is 8.78 Å². The zero-order valence-corrected chi connectivity index (χ0v) is 8.57. The SMILES string of the molecule is N=C(N)c1cc(F)c(SCCO)c(F)c1. The minimum absolute atomic E-state index is 0.0124. The quantitative estimate of drug-likeness (QED) is 0.416. The Bertz CT molecular complexity index is 361. The zero-order chi connectivity index (χ0) is 11.4. The van der Waals surface area contributed by atoms with E-state index in [0.717, 1.165) is 23.9 Å². The van der Waals surface area contributed by atoms with E-state index in [1.807, 2.05) is 0 Å². The van der Waals surface area contributed by atoms with Gasteiger partial charge in [0, 0.05) is 11.3 Å². The van der Waals surface area contributed by atoms with Crippen molar-refractivity contribution < 1.29 is 13.9 Å². The number of aliphatic hydroxyl groups is 1. The Labute approximate surface area is 89.8 Å². The number of aliphatic hydroxyl groups excluding tert-OH is 1. The molecule has 0 aliphatic rings. The standard InChI is InChI=1S/C9H10F2N2OS/c10-6-3-5(9(12)13)4-7(11)8(6)15-2-1-14/h3-4,14H,1-2H2,(H3,12,13). The van der Waals surface area contributed by atoms with E-state index < -0.39 is 11.6 Å². The van der Waals surface area contributed by atoms with E-state index in [1.54, 1.807) is 0 Å². The van der Waals surface area contributed by atoms with Gasteiger partial charge in [-0.3, -0.25) is 5.41 Å². The van der Waals surface area contributed by atoms with Gasteiger partial charge in [0.05, 0.1) is 11.5 Å². The molecule has 0 atom stereocenters. The second kappa shape index (κ2) is 5.09. The Morgan fingerprint density at radius 1 is 1.40 bits per heavy atom. The number of rotatable bonds is 4. The molecule has 4 N–H and O–H groups in total. The maximum absolute atomic E-state index is 13.3. The molecule has 0 amide bonds. The third-order valence-electron chi connectivity index (χ3n) is 1.65. The minimum Gasteiger partial charge on any atom is -0.396 e. The number of hydrogen-bond acceptors (Lipinski definition) is 3. The zero-order valence-electron chi connectivity index (χ0n) is 7.76. The average molecular weight is 232 g/mol. The number of nitrogens with one attached hydrogen (secondary N) is 1. The molecular weight excluding hydrogens is 222 g/mol. The van der Waals surface area contributed by atoms with E-state index in [1.165, 1.54) is 0 Å². The Balaban J connectivity index is 3.04. The molecule has 0 saturated carbocycles. The first-order valence-corrected chi connectivity index (χ1v) is 5.12. The van der Waals surface area contributed by atoms with Crippen molar-refractivity contribution in [3.63, 3.8) is 0 Å². The predicted octanol–water partition coefficient (Wildman–Crippen LogP) is 1.33. The van der Waals surface area contributed by atoms with Crippen LogP contribution in [-0.2, 0) is 0 Å². The van der Waals surface area contributed by atoms with Crippen LogP contribution in [0.2, 0.25) is 0 Å². The van der Waals surface area contributed by atoms with Gasteiger partial charge in [-0.05, 0) is 12.1 Å². The van der Waals surface area contributed by atoms with Crippen LogP contribution in [0.15, 0.2) is 17.0 Å². The largest absolute Gasteiger partial charge is 0.396 e. The Hall–Kier alpha value is -1.14. The van der Waals surface area contributed by atoms with Crippen LogP contribution in [0.25, 0.3) is 0 Å². The van der Waals surface area contributed by atoms with Crippen molar-refractivity contribution in [2.24, 2.45) is 5.73 Å². The van der Waals surface area contributed by atoms with Crippen LogP contribution >= 0.6 is 11.8 Å². The van der Waals surface area contributed by atoms with Crippen molar-refractivity contribution in [1.82, 2.24) is 0 Å². The topological polar surface area (TPSA) is 70.1 Å². The first-order valence-electron chi connectivity index (χ1n) is 4.13. The summed E-state index contributed by atoms with van der Waals surface area (Å²) >= 11 is 0.883. The van der Waals surface area contributed by atoms with E-state index in [9.17, 15) is 8.78 Å². The van der Waals surface area contributed by atoms with Crippen LogP contribution in [0.5, 0.6) is 0 Å². The lowest BCUT2D eigenvalue weighted by molar-refractivity contribution is 0.322. The Kier molecular flexibility index (Phi) is 4.05. The summed E-state index contributed by atoms with van der Waals surface area (Å²) in [6, 6.07) is 2.01. The molecule has 1 aromatic rings. The third kappa shape index (κ3) is 2.90. The van der Waals surface area contributed by atoms with Crippen LogP contribution in [0.1, 0.15) is 5.56 Å². The molecule has 15 heavy (non-hydrogen) atoms.